The molecule has 1 aliphatic carbocycles. The van der Waals surface area contributed by atoms with Crippen LogP contribution in [0, 0.1) is 13.8 Å². The Kier molecular flexibility index (Phi) is 3.19. The summed E-state index contributed by atoms with van der Waals surface area (Å²) < 4.78 is 0. The molecule has 1 atom stereocenters. The highest BCUT2D eigenvalue weighted by molar-refractivity contribution is 7.11. The van der Waals surface area contributed by atoms with Gasteiger partial charge in [-0.1, -0.05) is 24.3 Å². The van der Waals surface area contributed by atoms with Gasteiger partial charge in [0, 0.05) is 16.8 Å². The molecular formula is C16H20N2S. The van der Waals surface area contributed by atoms with E-state index in [1.165, 1.54) is 27.4 Å². The number of benzene rings is 1. The summed E-state index contributed by atoms with van der Waals surface area (Å²) in [5.41, 5.74) is 10.4. The van der Waals surface area contributed by atoms with E-state index in [2.05, 4.69) is 43.1 Å². The van der Waals surface area contributed by atoms with Crippen LogP contribution in [0.15, 0.2) is 24.3 Å². The molecule has 0 saturated carbocycles. The highest BCUT2D eigenvalue weighted by atomic mass is 32.1. The predicted octanol–water partition coefficient (Wildman–Crippen LogP) is 3.49. The van der Waals surface area contributed by atoms with Crippen molar-refractivity contribution in [3.05, 3.63) is 51.0 Å². The zero-order chi connectivity index (χ0) is 13.5. The van der Waals surface area contributed by atoms with Gasteiger partial charge in [-0.3, -0.25) is 0 Å². The quantitative estimate of drug-likeness (QED) is 0.909. The molecule has 3 heteroatoms. The van der Waals surface area contributed by atoms with E-state index < -0.39 is 0 Å². The third-order valence-corrected chi connectivity index (χ3v) is 5.24. The van der Waals surface area contributed by atoms with E-state index in [9.17, 15) is 0 Å². The fraction of sp³-hybridized carbons (Fsp3) is 0.438. The van der Waals surface area contributed by atoms with Crippen molar-refractivity contribution in [1.82, 2.24) is 4.98 Å². The molecule has 3 rings (SSSR count). The average Bonchev–Trinajstić information content (AvgIpc) is 2.68. The van der Waals surface area contributed by atoms with Crippen molar-refractivity contribution in [3.63, 3.8) is 0 Å². The van der Waals surface area contributed by atoms with Crippen LogP contribution >= 0.6 is 11.3 Å². The Balaban J connectivity index is 1.96. The summed E-state index contributed by atoms with van der Waals surface area (Å²) in [6.07, 6.45) is 4.26. The lowest BCUT2D eigenvalue weighted by Gasteiger charge is -2.35. The van der Waals surface area contributed by atoms with Gasteiger partial charge in [-0.25, -0.2) is 4.98 Å². The van der Waals surface area contributed by atoms with Gasteiger partial charge in [-0.15, -0.1) is 11.3 Å². The summed E-state index contributed by atoms with van der Waals surface area (Å²) in [7, 11) is 0. The molecule has 19 heavy (non-hydrogen) atoms. The van der Waals surface area contributed by atoms with Crippen molar-refractivity contribution in [2.45, 2.75) is 45.1 Å². The zero-order valence-electron chi connectivity index (χ0n) is 11.6. The van der Waals surface area contributed by atoms with E-state index in [4.69, 9.17) is 5.73 Å². The van der Waals surface area contributed by atoms with E-state index in [0.29, 0.717) is 0 Å². The minimum Gasteiger partial charge on any atom is -0.321 e. The van der Waals surface area contributed by atoms with Crippen LogP contribution in [0.4, 0.5) is 0 Å². The summed E-state index contributed by atoms with van der Waals surface area (Å²) in [4.78, 5) is 5.97. The maximum absolute atomic E-state index is 6.73. The smallest absolute Gasteiger partial charge is 0.0952 e. The first-order chi connectivity index (χ1) is 9.08. The van der Waals surface area contributed by atoms with E-state index in [1.54, 1.807) is 11.3 Å². The zero-order valence-corrected chi connectivity index (χ0v) is 12.4. The molecule has 2 nitrogen and oxygen atoms in total. The standard InChI is InChI=1S/C16H20N2S/c1-11-12(2)19-15(18-11)10-16(17)9-5-7-13-6-3-4-8-14(13)16/h3-4,6,8H,5,7,9-10,17H2,1-2H3. The fourth-order valence-corrected chi connectivity index (χ4v) is 4.08. The number of thiazole rings is 1. The Morgan fingerprint density at radius 1 is 1.32 bits per heavy atom. The van der Waals surface area contributed by atoms with Crippen molar-refractivity contribution in [2.75, 3.05) is 0 Å². The average molecular weight is 272 g/mol. The minimum absolute atomic E-state index is 0.231. The number of nitrogens with zero attached hydrogens (tertiary/aromatic N) is 1. The third-order valence-electron chi connectivity index (χ3n) is 4.16. The first kappa shape index (κ1) is 12.8. The minimum atomic E-state index is -0.231. The molecule has 1 heterocycles. The van der Waals surface area contributed by atoms with Crippen LogP contribution in [-0.4, -0.2) is 4.98 Å². The van der Waals surface area contributed by atoms with Gasteiger partial charge in [-0.05, 0) is 44.2 Å². The molecule has 1 aromatic carbocycles. The first-order valence-electron chi connectivity index (χ1n) is 6.89. The van der Waals surface area contributed by atoms with Gasteiger partial charge < -0.3 is 5.73 Å². The SMILES string of the molecule is Cc1nc(CC2(N)CCCc3ccccc32)sc1C. The number of aryl methyl sites for hydroxylation is 3. The van der Waals surface area contributed by atoms with Crippen LogP contribution in [0.3, 0.4) is 0 Å². The van der Waals surface area contributed by atoms with Crippen molar-refractivity contribution >= 4 is 11.3 Å². The van der Waals surface area contributed by atoms with Crippen LogP contribution in [-0.2, 0) is 18.4 Å². The lowest BCUT2D eigenvalue weighted by atomic mass is 9.75. The summed E-state index contributed by atoms with van der Waals surface area (Å²) in [5.74, 6) is 0. The van der Waals surface area contributed by atoms with Crippen molar-refractivity contribution in [1.29, 1.82) is 0 Å². The third kappa shape index (κ3) is 2.33. The molecule has 0 aliphatic heterocycles. The number of aromatic nitrogens is 1. The Morgan fingerprint density at radius 3 is 2.84 bits per heavy atom. The van der Waals surface area contributed by atoms with Crippen LogP contribution < -0.4 is 5.73 Å². The Hall–Kier alpha value is -1.19. The monoisotopic (exact) mass is 272 g/mol. The van der Waals surface area contributed by atoms with Gasteiger partial charge in [-0.2, -0.15) is 0 Å². The van der Waals surface area contributed by atoms with Gasteiger partial charge in [0.1, 0.15) is 0 Å². The Bertz CT molecular complexity index is 583. The summed E-state index contributed by atoms with van der Waals surface area (Å²) in [6, 6.07) is 8.63. The van der Waals surface area contributed by atoms with Crippen LogP contribution in [0.25, 0.3) is 0 Å². The summed E-state index contributed by atoms with van der Waals surface area (Å²) in [6.45, 7) is 4.21. The maximum Gasteiger partial charge on any atom is 0.0952 e. The molecule has 1 aromatic heterocycles. The van der Waals surface area contributed by atoms with Gasteiger partial charge in [0.05, 0.1) is 10.7 Å². The number of hydrogen-bond donors (Lipinski definition) is 1. The second-order valence-electron chi connectivity index (χ2n) is 5.59. The van der Waals surface area contributed by atoms with Gasteiger partial charge >= 0.3 is 0 Å². The van der Waals surface area contributed by atoms with E-state index >= 15 is 0 Å². The largest absolute Gasteiger partial charge is 0.321 e. The Morgan fingerprint density at radius 2 is 2.11 bits per heavy atom. The van der Waals surface area contributed by atoms with E-state index in [0.717, 1.165) is 25.0 Å². The first-order valence-corrected chi connectivity index (χ1v) is 7.70. The van der Waals surface area contributed by atoms with Gasteiger partial charge in [0.2, 0.25) is 0 Å². The van der Waals surface area contributed by atoms with Gasteiger partial charge in [0.25, 0.3) is 0 Å². The molecule has 0 radical (unpaired) electrons. The molecule has 0 bridgehead atoms. The normalized spacial score (nSPS) is 22.3. The predicted molar refractivity (Wildman–Crippen MR) is 80.5 cm³/mol. The highest BCUT2D eigenvalue weighted by Crippen LogP contribution is 2.36. The molecule has 0 fully saturated rings. The van der Waals surface area contributed by atoms with Crippen molar-refractivity contribution in [3.8, 4) is 0 Å². The number of nitrogens with two attached hydrogens (primary N) is 1. The van der Waals surface area contributed by atoms with E-state index in [1.807, 2.05) is 0 Å². The molecule has 1 aliphatic rings. The molecule has 2 N–H and O–H groups in total. The summed E-state index contributed by atoms with van der Waals surface area (Å²) in [5, 5.41) is 1.18. The Labute approximate surface area is 118 Å². The lowest BCUT2D eigenvalue weighted by Crippen LogP contribution is -2.42. The topological polar surface area (TPSA) is 38.9 Å². The van der Waals surface area contributed by atoms with Crippen LogP contribution in [0.1, 0.15) is 39.5 Å². The molecule has 0 spiro atoms. The highest BCUT2D eigenvalue weighted by Gasteiger charge is 2.33. The number of fused-ring (bicyclic) bond motifs is 1. The molecule has 0 amide bonds. The molecule has 2 aromatic rings. The van der Waals surface area contributed by atoms with Gasteiger partial charge in [0.15, 0.2) is 0 Å². The van der Waals surface area contributed by atoms with Crippen molar-refractivity contribution < 1.29 is 0 Å². The number of hydrogen-bond acceptors (Lipinski definition) is 3. The molecule has 0 saturated heterocycles. The molecule has 1 unspecified atom stereocenters. The van der Waals surface area contributed by atoms with Crippen LogP contribution in [0.2, 0.25) is 0 Å². The maximum atomic E-state index is 6.73. The van der Waals surface area contributed by atoms with Crippen LogP contribution in [0.5, 0.6) is 0 Å². The summed E-state index contributed by atoms with van der Waals surface area (Å²) >= 11 is 1.79. The second-order valence-corrected chi connectivity index (χ2v) is 6.88. The fourth-order valence-electron chi connectivity index (χ4n) is 3.02. The van der Waals surface area contributed by atoms with Crippen molar-refractivity contribution in [2.24, 2.45) is 5.73 Å². The lowest BCUT2D eigenvalue weighted by molar-refractivity contribution is 0.369. The van der Waals surface area contributed by atoms with E-state index in [-0.39, 0.29) is 5.54 Å². The molecule has 100 valence electrons. The molecular weight excluding hydrogens is 252 g/mol. The number of rotatable bonds is 2. The second kappa shape index (κ2) is 4.73.